The normalized spacial score (nSPS) is 13.8. The van der Waals surface area contributed by atoms with Gasteiger partial charge < -0.3 is 14.1 Å². The topological polar surface area (TPSA) is 42.7 Å². The van der Waals surface area contributed by atoms with Crippen molar-refractivity contribution < 1.29 is 13.9 Å². The third-order valence-electron chi connectivity index (χ3n) is 6.61. The fourth-order valence-corrected chi connectivity index (χ4v) is 4.89. The van der Waals surface area contributed by atoms with Crippen LogP contribution in [0.1, 0.15) is 29.2 Å². The van der Waals surface area contributed by atoms with Gasteiger partial charge in [-0.15, -0.1) is 0 Å². The maximum absolute atomic E-state index is 13.2. The van der Waals surface area contributed by atoms with Gasteiger partial charge in [0, 0.05) is 46.3 Å². The van der Waals surface area contributed by atoms with Gasteiger partial charge in [0.2, 0.25) is 5.91 Å². The SMILES string of the molecule is COc1c(/C(C)=C/C(=O)N2CCc3ccccc3C2)cc2c(-c3ccc(Cl)cc3)coc2c1C. The summed E-state index contributed by atoms with van der Waals surface area (Å²) in [6.07, 6.45) is 4.36. The number of methoxy groups -OCH3 is 1. The minimum atomic E-state index is 0.0110. The fraction of sp³-hybridized carbons (Fsp3) is 0.207. The first-order chi connectivity index (χ1) is 16.5. The van der Waals surface area contributed by atoms with Crippen molar-refractivity contribution in [2.24, 2.45) is 0 Å². The highest BCUT2D eigenvalue weighted by Crippen LogP contribution is 2.40. The molecule has 0 saturated carbocycles. The average Bonchev–Trinajstić information content (AvgIpc) is 3.28. The Balaban J connectivity index is 1.53. The molecule has 0 N–H and O–H groups in total. The van der Waals surface area contributed by atoms with Crippen LogP contribution in [-0.4, -0.2) is 24.5 Å². The first-order valence-corrected chi connectivity index (χ1v) is 11.7. The summed E-state index contributed by atoms with van der Waals surface area (Å²) < 4.78 is 11.7. The molecule has 4 aromatic rings. The molecule has 1 amide bonds. The van der Waals surface area contributed by atoms with Gasteiger partial charge in [0.05, 0.1) is 13.4 Å². The molecule has 1 aliphatic heterocycles. The lowest BCUT2D eigenvalue weighted by Crippen LogP contribution is -2.34. The van der Waals surface area contributed by atoms with E-state index in [0.29, 0.717) is 11.6 Å². The number of hydrogen-bond acceptors (Lipinski definition) is 3. The maximum atomic E-state index is 13.2. The lowest BCUT2D eigenvalue weighted by molar-refractivity contribution is -0.126. The summed E-state index contributed by atoms with van der Waals surface area (Å²) in [4.78, 5) is 15.1. The molecule has 0 atom stereocenters. The van der Waals surface area contributed by atoms with Crippen LogP contribution in [0.5, 0.6) is 5.75 Å². The third kappa shape index (κ3) is 3.99. The molecule has 4 nitrogen and oxygen atoms in total. The van der Waals surface area contributed by atoms with E-state index in [1.165, 1.54) is 11.1 Å². The minimum absolute atomic E-state index is 0.0110. The number of carbonyl (C=O) groups excluding carboxylic acids is 1. The summed E-state index contributed by atoms with van der Waals surface area (Å²) in [5, 5.41) is 1.66. The van der Waals surface area contributed by atoms with Crippen molar-refractivity contribution in [2.45, 2.75) is 26.8 Å². The lowest BCUT2D eigenvalue weighted by atomic mass is 9.96. The molecule has 0 bridgehead atoms. The number of halogens is 1. The van der Waals surface area contributed by atoms with Crippen molar-refractivity contribution in [3.8, 4) is 16.9 Å². The zero-order chi connectivity index (χ0) is 23.8. The Bertz CT molecular complexity index is 1420. The van der Waals surface area contributed by atoms with E-state index in [1.54, 1.807) is 19.4 Å². The monoisotopic (exact) mass is 471 g/mol. The van der Waals surface area contributed by atoms with Gasteiger partial charge in [-0.25, -0.2) is 0 Å². The molecule has 0 unspecified atom stereocenters. The van der Waals surface area contributed by atoms with Gasteiger partial charge in [0.1, 0.15) is 11.3 Å². The van der Waals surface area contributed by atoms with Crippen molar-refractivity contribution in [1.29, 1.82) is 0 Å². The number of furan rings is 1. The van der Waals surface area contributed by atoms with E-state index in [-0.39, 0.29) is 5.91 Å². The standard InChI is InChI=1S/C29H26ClNO3/c1-18(14-27(32)31-13-12-20-6-4-5-7-22(20)16-31)24-15-25-26(21-8-10-23(30)11-9-21)17-34-29(25)19(2)28(24)33-3/h4-11,14-15,17H,12-13,16H2,1-3H3/b18-14+. The Morgan fingerprint density at radius 2 is 1.85 bits per heavy atom. The van der Waals surface area contributed by atoms with E-state index in [2.05, 4.69) is 24.3 Å². The predicted octanol–water partition coefficient (Wildman–Crippen LogP) is 7.06. The van der Waals surface area contributed by atoms with Crippen molar-refractivity contribution in [3.05, 3.63) is 94.2 Å². The second-order valence-corrected chi connectivity index (χ2v) is 9.16. The summed E-state index contributed by atoms with van der Waals surface area (Å²) in [6.45, 7) is 5.30. The molecule has 0 fully saturated rings. The molecule has 5 heteroatoms. The third-order valence-corrected chi connectivity index (χ3v) is 6.86. The smallest absolute Gasteiger partial charge is 0.247 e. The van der Waals surface area contributed by atoms with E-state index in [0.717, 1.165) is 57.5 Å². The van der Waals surface area contributed by atoms with E-state index >= 15 is 0 Å². The number of amides is 1. The molecular weight excluding hydrogens is 446 g/mol. The summed E-state index contributed by atoms with van der Waals surface area (Å²) in [6, 6.07) is 18.1. The van der Waals surface area contributed by atoms with Crippen molar-refractivity contribution in [1.82, 2.24) is 4.90 Å². The highest BCUT2D eigenvalue weighted by Gasteiger charge is 2.22. The van der Waals surface area contributed by atoms with Crippen LogP contribution in [0.3, 0.4) is 0 Å². The first-order valence-electron chi connectivity index (χ1n) is 11.4. The molecule has 172 valence electrons. The quantitative estimate of drug-likeness (QED) is 0.299. The summed E-state index contributed by atoms with van der Waals surface area (Å²) >= 11 is 6.08. The summed E-state index contributed by atoms with van der Waals surface area (Å²) in [7, 11) is 1.65. The van der Waals surface area contributed by atoms with Crippen LogP contribution in [0.4, 0.5) is 0 Å². The van der Waals surface area contributed by atoms with E-state index in [9.17, 15) is 4.79 Å². The van der Waals surface area contributed by atoms with Gasteiger partial charge in [0.25, 0.3) is 0 Å². The Morgan fingerprint density at radius 1 is 1.12 bits per heavy atom. The van der Waals surface area contributed by atoms with Crippen LogP contribution in [0.2, 0.25) is 5.02 Å². The highest BCUT2D eigenvalue weighted by atomic mass is 35.5. The number of hydrogen-bond donors (Lipinski definition) is 0. The van der Waals surface area contributed by atoms with Gasteiger partial charge in [-0.05, 0) is 60.7 Å². The van der Waals surface area contributed by atoms with Gasteiger partial charge in [-0.3, -0.25) is 4.79 Å². The number of carbonyl (C=O) groups is 1. The van der Waals surface area contributed by atoms with Crippen molar-refractivity contribution >= 4 is 34.1 Å². The summed E-state index contributed by atoms with van der Waals surface area (Å²) in [5.41, 5.74) is 7.95. The van der Waals surface area contributed by atoms with E-state index < -0.39 is 0 Å². The van der Waals surface area contributed by atoms with Crippen LogP contribution in [0, 0.1) is 6.92 Å². The molecule has 34 heavy (non-hydrogen) atoms. The number of fused-ring (bicyclic) bond motifs is 2. The van der Waals surface area contributed by atoms with Crippen molar-refractivity contribution in [3.63, 3.8) is 0 Å². The Kier molecular flexibility index (Phi) is 5.93. The van der Waals surface area contributed by atoms with Crippen LogP contribution >= 0.6 is 11.6 Å². The van der Waals surface area contributed by atoms with Gasteiger partial charge >= 0.3 is 0 Å². The molecular formula is C29H26ClNO3. The van der Waals surface area contributed by atoms with Gasteiger partial charge in [0.15, 0.2) is 0 Å². The van der Waals surface area contributed by atoms with Crippen LogP contribution in [-0.2, 0) is 17.8 Å². The number of benzene rings is 3. The van der Waals surface area contributed by atoms with Crippen molar-refractivity contribution in [2.75, 3.05) is 13.7 Å². The molecule has 1 aromatic heterocycles. The number of allylic oxidation sites excluding steroid dienone is 1. The molecule has 2 heterocycles. The van der Waals surface area contributed by atoms with Crippen LogP contribution < -0.4 is 4.74 Å². The molecule has 0 aliphatic carbocycles. The average molecular weight is 472 g/mol. The Hall–Kier alpha value is -3.50. The predicted molar refractivity (Wildman–Crippen MR) is 137 cm³/mol. The molecule has 1 aliphatic rings. The number of aryl methyl sites for hydroxylation is 1. The molecule has 0 saturated heterocycles. The fourth-order valence-electron chi connectivity index (χ4n) is 4.76. The van der Waals surface area contributed by atoms with Crippen LogP contribution in [0.15, 0.2) is 71.4 Å². The second kappa shape index (κ2) is 9.03. The van der Waals surface area contributed by atoms with E-state index in [1.807, 2.05) is 49.1 Å². The maximum Gasteiger partial charge on any atom is 0.247 e. The number of rotatable bonds is 4. The number of nitrogens with zero attached hydrogens (tertiary/aromatic N) is 1. The zero-order valence-electron chi connectivity index (χ0n) is 19.5. The Morgan fingerprint density at radius 3 is 2.59 bits per heavy atom. The van der Waals surface area contributed by atoms with E-state index in [4.69, 9.17) is 20.8 Å². The molecule has 3 aromatic carbocycles. The van der Waals surface area contributed by atoms with Crippen LogP contribution in [0.25, 0.3) is 27.7 Å². The summed E-state index contributed by atoms with van der Waals surface area (Å²) in [5.74, 6) is 0.729. The molecule has 0 spiro atoms. The second-order valence-electron chi connectivity index (χ2n) is 8.72. The minimum Gasteiger partial charge on any atom is -0.496 e. The number of ether oxygens (including phenoxy) is 1. The molecule has 5 rings (SSSR count). The highest BCUT2D eigenvalue weighted by molar-refractivity contribution is 6.30. The zero-order valence-corrected chi connectivity index (χ0v) is 20.3. The molecule has 0 radical (unpaired) electrons. The lowest BCUT2D eigenvalue weighted by Gasteiger charge is -2.28. The first kappa shape index (κ1) is 22.3. The van der Waals surface area contributed by atoms with Gasteiger partial charge in [-0.1, -0.05) is 48.0 Å². The Labute approximate surface area is 204 Å². The van der Waals surface area contributed by atoms with Gasteiger partial charge in [-0.2, -0.15) is 0 Å². The largest absolute Gasteiger partial charge is 0.496 e.